The third-order valence-electron chi connectivity index (χ3n) is 3.52. The summed E-state index contributed by atoms with van der Waals surface area (Å²) in [6.45, 7) is 2.91. The molecule has 1 aliphatic heterocycles. The average Bonchev–Trinajstić information content (AvgIpc) is 2.94. The van der Waals surface area contributed by atoms with E-state index in [0.29, 0.717) is 36.1 Å². The number of carboxylic acids is 1. The Bertz CT molecular complexity index is 657. The molecule has 1 N–H and O–H groups in total. The first-order valence-electron chi connectivity index (χ1n) is 6.73. The first-order chi connectivity index (χ1) is 10.1. The highest BCUT2D eigenvalue weighted by atomic mass is 16.5. The van der Waals surface area contributed by atoms with Crippen LogP contribution in [0.4, 0.5) is 5.82 Å². The van der Waals surface area contributed by atoms with Crippen molar-refractivity contribution < 1.29 is 14.4 Å². The molecule has 0 amide bonds. The maximum absolute atomic E-state index is 11.2. The summed E-state index contributed by atoms with van der Waals surface area (Å²) in [5.74, 6) is 0.358. The highest BCUT2D eigenvalue weighted by Gasteiger charge is 2.28. The van der Waals surface area contributed by atoms with Crippen molar-refractivity contribution >= 4 is 11.8 Å². The Morgan fingerprint density at radius 3 is 3.10 bits per heavy atom. The molecule has 0 spiro atoms. The molecular weight excluding hydrogens is 274 g/mol. The van der Waals surface area contributed by atoms with E-state index in [4.69, 9.17) is 4.52 Å². The van der Waals surface area contributed by atoms with Gasteiger partial charge in [0.05, 0.1) is 5.92 Å². The molecule has 2 aromatic heterocycles. The summed E-state index contributed by atoms with van der Waals surface area (Å²) in [5.41, 5.74) is 0.629. The normalized spacial score (nSPS) is 18.7. The molecule has 1 unspecified atom stereocenters. The number of hydrogen-bond donors (Lipinski definition) is 1. The van der Waals surface area contributed by atoms with E-state index in [1.165, 1.54) is 6.33 Å². The van der Waals surface area contributed by atoms with E-state index in [2.05, 4.69) is 20.1 Å². The van der Waals surface area contributed by atoms with Crippen LogP contribution < -0.4 is 4.90 Å². The van der Waals surface area contributed by atoms with Gasteiger partial charge >= 0.3 is 5.97 Å². The number of anilines is 1. The van der Waals surface area contributed by atoms with Crippen molar-refractivity contribution in [1.29, 1.82) is 0 Å². The Morgan fingerprint density at radius 2 is 2.38 bits per heavy atom. The molecule has 0 radical (unpaired) electrons. The Hall–Kier alpha value is -2.51. The van der Waals surface area contributed by atoms with Gasteiger partial charge in [-0.2, -0.15) is 4.98 Å². The summed E-state index contributed by atoms with van der Waals surface area (Å²) < 4.78 is 5.17. The molecule has 1 saturated heterocycles. The van der Waals surface area contributed by atoms with E-state index in [1.54, 1.807) is 13.1 Å². The predicted molar refractivity (Wildman–Crippen MR) is 72.6 cm³/mol. The summed E-state index contributed by atoms with van der Waals surface area (Å²) in [7, 11) is 0. The summed E-state index contributed by atoms with van der Waals surface area (Å²) in [6.07, 6.45) is 4.54. The van der Waals surface area contributed by atoms with Crippen molar-refractivity contribution in [3.8, 4) is 11.5 Å². The van der Waals surface area contributed by atoms with Gasteiger partial charge in [0.1, 0.15) is 17.7 Å². The standard InChI is InChI=1S/C13H15N5O3/c1-8-16-12(21-17-8)10-5-14-7-15-11(10)18-4-2-3-9(6-18)13(19)20/h5,7,9H,2-4,6H2,1H3,(H,19,20). The smallest absolute Gasteiger partial charge is 0.308 e. The number of aryl methyl sites for hydroxylation is 1. The zero-order chi connectivity index (χ0) is 14.8. The lowest BCUT2D eigenvalue weighted by Gasteiger charge is -2.32. The Morgan fingerprint density at radius 1 is 1.52 bits per heavy atom. The molecular formula is C13H15N5O3. The topological polar surface area (TPSA) is 105 Å². The Balaban J connectivity index is 1.93. The van der Waals surface area contributed by atoms with E-state index in [-0.39, 0.29) is 5.92 Å². The van der Waals surface area contributed by atoms with Crippen molar-refractivity contribution in [2.24, 2.45) is 5.92 Å². The third-order valence-corrected chi connectivity index (χ3v) is 3.52. The summed E-state index contributed by atoms with van der Waals surface area (Å²) >= 11 is 0. The number of hydrogen-bond acceptors (Lipinski definition) is 7. The number of carbonyl (C=O) groups is 1. The molecule has 3 heterocycles. The monoisotopic (exact) mass is 289 g/mol. The lowest BCUT2D eigenvalue weighted by molar-refractivity contribution is -0.141. The van der Waals surface area contributed by atoms with E-state index < -0.39 is 5.97 Å². The molecule has 8 nitrogen and oxygen atoms in total. The van der Waals surface area contributed by atoms with Crippen LogP contribution >= 0.6 is 0 Å². The van der Waals surface area contributed by atoms with Crippen LogP contribution in [0.3, 0.4) is 0 Å². The Labute approximate surface area is 120 Å². The van der Waals surface area contributed by atoms with Crippen molar-refractivity contribution in [2.45, 2.75) is 19.8 Å². The fraction of sp³-hybridized carbons (Fsp3) is 0.462. The molecule has 0 saturated carbocycles. The molecule has 2 aromatic rings. The van der Waals surface area contributed by atoms with Gasteiger partial charge in [0.25, 0.3) is 5.89 Å². The largest absolute Gasteiger partial charge is 0.481 e. The van der Waals surface area contributed by atoms with Gasteiger partial charge in [0, 0.05) is 19.3 Å². The van der Waals surface area contributed by atoms with E-state index in [1.807, 2.05) is 4.90 Å². The van der Waals surface area contributed by atoms with Crippen LogP contribution in [0, 0.1) is 12.8 Å². The predicted octanol–water partition coefficient (Wildman–Crippen LogP) is 1.14. The molecule has 0 aliphatic carbocycles. The van der Waals surface area contributed by atoms with Crippen LogP contribution in [-0.2, 0) is 4.79 Å². The van der Waals surface area contributed by atoms with Crippen LogP contribution in [0.25, 0.3) is 11.5 Å². The van der Waals surface area contributed by atoms with Gasteiger partial charge in [-0.25, -0.2) is 9.97 Å². The van der Waals surface area contributed by atoms with Crippen LogP contribution in [0.5, 0.6) is 0 Å². The second-order valence-electron chi connectivity index (χ2n) is 5.03. The maximum atomic E-state index is 11.2. The molecule has 1 aliphatic rings. The summed E-state index contributed by atoms with van der Waals surface area (Å²) in [5, 5.41) is 13.0. The van der Waals surface area contributed by atoms with E-state index >= 15 is 0 Å². The van der Waals surface area contributed by atoms with Gasteiger partial charge in [0.2, 0.25) is 0 Å². The van der Waals surface area contributed by atoms with Gasteiger partial charge in [-0.3, -0.25) is 4.79 Å². The van der Waals surface area contributed by atoms with E-state index in [0.717, 1.165) is 13.0 Å². The maximum Gasteiger partial charge on any atom is 0.308 e. The summed E-state index contributed by atoms with van der Waals surface area (Å²) in [4.78, 5) is 25.6. The molecule has 1 atom stereocenters. The fourth-order valence-electron chi connectivity index (χ4n) is 2.50. The van der Waals surface area contributed by atoms with Crippen molar-refractivity contribution in [3.05, 3.63) is 18.3 Å². The molecule has 110 valence electrons. The van der Waals surface area contributed by atoms with Crippen molar-refractivity contribution in [3.63, 3.8) is 0 Å². The number of rotatable bonds is 3. The van der Waals surface area contributed by atoms with Gasteiger partial charge < -0.3 is 14.5 Å². The minimum absolute atomic E-state index is 0.348. The first-order valence-corrected chi connectivity index (χ1v) is 6.73. The number of piperidine rings is 1. The van der Waals surface area contributed by atoms with Gasteiger partial charge in [-0.05, 0) is 19.8 Å². The lowest BCUT2D eigenvalue weighted by atomic mass is 9.98. The minimum Gasteiger partial charge on any atom is -0.481 e. The van der Waals surface area contributed by atoms with Crippen LogP contribution in [0.2, 0.25) is 0 Å². The number of aliphatic carboxylic acids is 1. The lowest BCUT2D eigenvalue weighted by Crippen LogP contribution is -2.39. The minimum atomic E-state index is -0.774. The van der Waals surface area contributed by atoms with Crippen molar-refractivity contribution in [1.82, 2.24) is 20.1 Å². The van der Waals surface area contributed by atoms with Gasteiger partial charge in [0.15, 0.2) is 5.82 Å². The molecule has 21 heavy (non-hydrogen) atoms. The highest BCUT2D eigenvalue weighted by Crippen LogP contribution is 2.30. The molecule has 3 rings (SSSR count). The second-order valence-corrected chi connectivity index (χ2v) is 5.03. The third kappa shape index (κ3) is 2.69. The quantitative estimate of drug-likeness (QED) is 0.896. The SMILES string of the molecule is Cc1noc(-c2cncnc2N2CCCC(C(=O)O)C2)n1. The van der Waals surface area contributed by atoms with Gasteiger partial charge in [-0.15, -0.1) is 0 Å². The van der Waals surface area contributed by atoms with Crippen LogP contribution in [-0.4, -0.2) is 44.3 Å². The molecule has 0 bridgehead atoms. The van der Waals surface area contributed by atoms with Gasteiger partial charge in [-0.1, -0.05) is 5.16 Å². The van der Waals surface area contributed by atoms with Crippen molar-refractivity contribution in [2.75, 3.05) is 18.0 Å². The highest BCUT2D eigenvalue weighted by molar-refractivity contribution is 5.73. The first kappa shape index (κ1) is 13.5. The molecule has 0 aromatic carbocycles. The van der Waals surface area contributed by atoms with E-state index in [9.17, 15) is 9.90 Å². The summed E-state index contributed by atoms with van der Waals surface area (Å²) in [6, 6.07) is 0. The van der Waals surface area contributed by atoms with Crippen LogP contribution in [0.15, 0.2) is 17.0 Å². The molecule has 8 heteroatoms. The Kier molecular flexibility index (Phi) is 3.51. The average molecular weight is 289 g/mol. The zero-order valence-electron chi connectivity index (χ0n) is 11.6. The molecule has 1 fully saturated rings. The fourth-order valence-corrected chi connectivity index (χ4v) is 2.50. The second kappa shape index (κ2) is 5.47. The zero-order valence-corrected chi connectivity index (χ0v) is 11.6. The number of aromatic nitrogens is 4. The number of nitrogens with zero attached hydrogens (tertiary/aromatic N) is 5. The van der Waals surface area contributed by atoms with Crippen LogP contribution in [0.1, 0.15) is 18.7 Å². The number of carboxylic acid groups (broad SMARTS) is 1.